The molecule has 1 fully saturated rings. The third kappa shape index (κ3) is 4.97. The van der Waals surface area contributed by atoms with Crippen molar-refractivity contribution in [1.82, 2.24) is 19.2 Å². The molecule has 0 radical (unpaired) electrons. The molecule has 0 spiro atoms. The SMILES string of the molecule is O=C(Cc1ccc(S(=O)(=O)N2CCCC2)s1)NCc1ccc(Cn2ccnc2)cc1. The van der Waals surface area contributed by atoms with E-state index >= 15 is 0 Å². The Morgan fingerprint density at radius 3 is 2.50 bits per heavy atom. The van der Waals surface area contributed by atoms with Crippen LogP contribution in [0.5, 0.6) is 0 Å². The highest BCUT2D eigenvalue weighted by atomic mass is 32.2. The molecule has 3 heterocycles. The van der Waals surface area contributed by atoms with Crippen molar-refractivity contribution < 1.29 is 13.2 Å². The van der Waals surface area contributed by atoms with E-state index in [4.69, 9.17) is 0 Å². The van der Waals surface area contributed by atoms with Crippen LogP contribution in [0.15, 0.2) is 59.3 Å². The van der Waals surface area contributed by atoms with Crippen LogP contribution < -0.4 is 5.32 Å². The quantitative estimate of drug-likeness (QED) is 0.579. The van der Waals surface area contributed by atoms with Crippen molar-refractivity contribution in [1.29, 1.82) is 0 Å². The number of nitrogens with one attached hydrogen (secondary N) is 1. The van der Waals surface area contributed by atoms with Crippen LogP contribution in [0.25, 0.3) is 0 Å². The van der Waals surface area contributed by atoms with Crippen molar-refractivity contribution in [2.45, 2.75) is 36.6 Å². The minimum absolute atomic E-state index is 0.121. The second-order valence-corrected chi connectivity index (χ2v) is 10.7. The van der Waals surface area contributed by atoms with E-state index in [-0.39, 0.29) is 12.3 Å². The minimum atomic E-state index is -3.42. The second-order valence-electron chi connectivity index (χ2n) is 7.34. The van der Waals surface area contributed by atoms with Gasteiger partial charge in [-0.05, 0) is 36.1 Å². The Labute approximate surface area is 180 Å². The molecule has 1 saturated heterocycles. The van der Waals surface area contributed by atoms with Gasteiger partial charge < -0.3 is 9.88 Å². The Morgan fingerprint density at radius 2 is 1.80 bits per heavy atom. The average molecular weight is 445 g/mol. The van der Waals surface area contributed by atoms with Crippen LogP contribution in [0.4, 0.5) is 0 Å². The Bertz CT molecular complexity index is 1080. The van der Waals surface area contributed by atoms with Crippen molar-refractivity contribution in [2.24, 2.45) is 0 Å². The van der Waals surface area contributed by atoms with Gasteiger partial charge in [0.2, 0.25) is 5.91 Å². The molecule has 1 amide bonds. The van der Waals surface area contributed by atoms with Crippen LogP contribution in [0.2, 0.25) is 0 Å². The van der Waals surface area contributed by atoms with Gasteiger partial charge in [0.25, 0.3) is 10.0 Å². The largest absolute Gasteiger partial charge is 0.352 e. The molecule has 0 bridgehead atoms. The highest BCUT2D eigenvalue weighted by Crippen LogP contribution is 2.27. The minimum Gasteiger partial charge on any atom is -0.352 e. The van der Waals surface area contributed by atoms with Gasteiger partial charge >= 0.3 is 0 Å². The predicted octanol–water partition coefficient (Wildman–Crippen LogP) is 2.64. The van der Waals surface area contributed by atoms with Gasteiger partial charge in [0.05, 0.1) is 12.7 Å². The molecule has 4 rings (SSSR count). The number of imidazole rings is 1. The average Bonchev–Trinajstić information content (AvgIpc) is 3.50. The summed E-state index contributed by atoms with van der Waals surface area (Å²) in [7, 11) is -3.42. The lowest BCUT2D eigenvalue weighted by atomic mass is 10.1. The van der Waals surface area contributed by atoms with Crippen molar-refractivity contribution in [2.75, 3.05) is 13.1 Å². The molecule has 1 aliphatic rings. The third-order valence-corrected chi connectivity index (χ3v) is 8.52. The molecular formula is C21H24N4O3S2. The zero-order valence-corrected chi connectivity index (χ0v) is 18.2. The van der Waals surface area contributed by atoms with E-state index in [1.54, 1.807) is 24.7 Å². The first-order valence-corrected chi connectivity index (χ1v) is 12.2. The number of rotatable bonds is 8. The molecule has 0 unspecified atom stereocenters. The normalized spacial score (nSPS) is 14.8. The standard InChI is InChI=1S/C21H24N4O3S2/c26-20(13-19-7-8-21(29-19)30(27,28)25-10-1-2-11-25)23-14-17-3-5-18(6-4-17)15-24-12-9-22-16-24/h3-9,12,16H,1-2,10-11,13-15H2,(H,23,26). The summed E-state index contributed by atoms with van der Waals surface area (Å²) < 4.78 is 29.0. The zero-order valence-electron chi connectivity index (χ0n) is 16.5. The Kier molecular flexibility index (Phi) is 6.31. The van der Waals surface area contributed by atoms with Gasteiger partial charge in [0.15, 0.2) is 0 Å². The summed E-state index contributed by atoms with van der Waals surface area (Å²) in [6.45, 7) is 2.36. The van der Waals surface area contributed by atoms with E-state index < -0.39 is 10.0 Å². The fourth-order valence-corrected chi connectivity index (χ4v) is 6.45. The van der Waals surface area contributed by atoms with E-state index in [0.717, 1.165) is 35.4 Å². The molecule has 0 aliphatic carbocycles. The smallest absolute Gasteiger partial charge is 0.252 e. The van der Waals surface area contributed by atoms with E-state index in [1.807, 2.05) is 35.0 Å². The number of nitrogens with zero attached hydrogens (tertiary/aromatic N) is 3. The van der Waals surface area contributed by atoms with Crippen molar-refractivity contribution in [3.8, 4) is 0 Å². The van der Waals surface area contributed by atoms with Crippen molar-refractivity contribution in [3.05, 3.63) is 71.1 Å². The van der Waals surface area contributed by atoms with Gasteiger partial charge in [0.1, 0.15) is 4.21 Å². The van der Waals surface area contributed by atoms with Gasteiger partial charge in [-0.15, -0.1) is 11.3 Å². The van der Waals surface area contributed by atoms with Crippen LogP contribution in [-0.2, 0) is 34.3 Å². The molecular weight excluding hydrogens is 420 g/mol. The van der Waals surface area contributed by atoms with E-state index in [9.17, 15) is 13.2 Å². The van der Waals surface area contributed by atoms with Crippen LogP contribution in [0, 0.1) is 0 Å². The molecule has 9 heteroatoms. The molecule has 30 heavy (non-hydrogen) atoms. The first-order valence-electron chi connectivity index (χ1n) is 9.90. The summed E-state index contributed by atoms with van der Waals surface area (Å²) in [6.07, 6.45) is 7.44. The number of amides is 1. The van der Waals surface area contributed by atoms with Crippen LogP contribution >= 0.6 is 11.3 Å². The topological polar surface area (TPSA) is 84.3 Å². The van der Waals surface area contributed by atoms with Gasteiger partial charge in [0, 0.05) is 43.4 Å². The van der Waals surface area contributed by atoms with E-state index in [1.165, 1.54) is 15.6 Å². The molecule has 7 nitrogen and oxygen atoms in total. The highest BCUT2D eigenvalue weighted by molar-refractivity contribution is 7.91. The number of thiophene rings is 1. The summed E-state index contributed by atoms with van der Waals surface area (Å²) >= 11 is 1.18. The maximum Gasteiger partial charge on any atom is 0.252 e. The molecule has 3 aromatic rings. The first kappa shape index (κ1) is 20.8. The lowest BCUT2D eigenvalue weighted by molar-refractivity contribution is -0.120. The Balaban J connectivity index is 1.28. The van der Waals surface area contributed by atoms with Gasteiger partial charge in [-0.2, -0.15) is 4.31 Å². The molecule has 0 saturated carbocycles. The fourth-order valence-electron chi connectivity index (χ4n) is 3.42. The van der Waals surface area contributed by atoms with Crippen LogP contribution in [0.3, 0.4) is 0 Å². The molecule has 1 aliphatic heterocycles. The van der Waals surface area contributed by atoms with E-state index in [0.29, 0.717) is 23.8 Å². The van der Waals surface area contributed by atoms with Crippen molar-refractivity contribution in [3.63, 3.8) is 0 Å². The molecule has 158 valence electrons. The van der Waals surface area contributed by atoms with Crippen molar-refractivity contribution >= 4 is 27.3 Å². The van der Waals surface area contributed by atoms with Crippen LogP contribution in [0.1, 0.15) is 28.8 Å². The number of hydrogen-bond acceptors (Lipinski definition) is 5. The molecule has 0 atom stereocenters. The van der Waals surface area contributed by atoms with Gasteiger partial charge in [-0.1, -0.05) is 24.3 Å². The lowest BCUT2D eigenvalue weighted by Crippen LogP contribution is -2.27. The molecule has 2 aromatic heterocycles. The second kappa shape index (κ2) is 9.11. The number of benzene rings is 1. The summed E-state index contributed by atoms with van der Waals surface area (Å²) in [5.74, 6) is -0.121. The first-order chi connectivity index (χ1) is 14.5. The maximum absolute atomic E-state index is 12.6. The molecule has 1 aromatic carbocycles. The zero-order chi connectivity index (χ0) is 21.0. The summed E-state index contributed by atoms with van der Waals surface area (Å²) in [5.41, 5.74) is 2.18. The third-order valence-electron chi connectivity index (χ3n) is 5.07. The Morgan fingerprint density at radius 1 is 1.07 bits per heavy atom. The predicted molar refractivity (Wildman–Crippen MR) is 116 cm³/mol. The van der Waals surface area contributed by atoms with Crippen LogP contribution in [-0.4, -0.2) is 41.3 Å². The monoisotopic (exact) mass is 444 g/mol. The van der Waals surface area contributed by atoms with Gasteiger partial charge in [-0.3, -0.25) is 4.79 Å². The summed E-state index contributed by atoms with van der Waals surface area (Å²) in [5, 5.41) is 2.91. The fraction of sp³-hybridized carbons (Fsp3) is 0.333. The molecule has 1 N–H and O–H groups in total. The summed E-state index contributed by atoms with van der Waals surface area (Å²) in [6, 6.07) is 11.4. The van der Waals surface area contributed by atoms with Gasteiger partial charge in [-0.25, -0.2) is 13.4 Å². The highest BCUT2D eigenvalue weighted by Gasteiger charge is 2.28. The summed E-state index contributed by atoms with van der Waals surface area (Å²) in [4.78, 5) is 17.1. The number of sulfonamides is 1. The number of aromatic nitrogens is 2. The number of hydrogen-bond donors (Lipinski definition) is 1. The lowest BCUT2D eigenvalue weighted by Gasteiger charge is -2.13. The number of carbonyl (C=O) groups is 1. The maximum atomic E-state index is 12.6. The van der Waals surface area contributed by atoms with E-state index in [2.05, 4.69) is 10.3 Å². The Hall–Kier alpha value is -2.49. The number of carbonyl (C=O) groups excluding carboxylic acids is 1.